The monoisotopic (exact) mass is 365 g/mol. The number of piperazine rings is 1. The second-order valence-corrected chi connectivity index (χ2v) is 7.36. The molecule has 0 spiro atoms. The summed E-state index contributed by atoms with van der Waals surface area (Å²) in [5.41, 5.74) is 2.54. The molecule has 3 N–H and O–H groups in total. The van der Waals surface area contributed by atoms with E-state index in [4.69, 9.17) is 9.47 Å². The van der Waals surface area contributed by atoms with Crippen LogP contribution in [-0.4, -0.2) is 58.9 Å². The van der Waals surface area contributed by atoms with Crippen molar-refractivity contribution in [2.75, 3.05) is 46.9 Å². The molecule has 1 aromatic carbocycles. The molecule has 0 saturated carbocycles. The number of nitrogens with one attached hydrogen (secondary N) is 3. The highest BCUT2D eigenvalue weighted by Gasteiger charge is 2.25. The molecule has 1 aliphatic rings. The van der Waals surface area contributed by atoms with Gasteiger partial charge in [-0.05, 0) is 38.0 Å². The molecule has 1 aliphatic heterocycles. The first-order valence-electron chi connectivity index (χ1n) is 9.64. The zero-order valence-corrected chi connectivity index (χ0v) is 16.9. The van der Waals surface area contributed by atoms with Gasteiger partial charge in [-0.2, -0.15) is 0 Å². The van der Waals surface area contributed by atoms with Gasteiger partial charge in [0, 0.05) is 11.6 Å². The molecule has 26 heavy (non-hydrogen) atoms. The van der Waals surface area contributed by atoms with Crippen LogP contribution in [0.5, 0.6) is 11.5 Å². The van der Waals surface area contributed by atoms with Crippen LogP contribution in [0, 0.1) is 6.92 Å². The van der Waals surface area contributed by atoms with Crippen molar-refractivity contribution in [1.29, 1.82) is 0 Å². The molecular weight excluding hydrogens is 330 g/mol. The van der Waals surface area contributed by atoms with Gasteiger partial charge in [-0.15, -0.1) is 0 Å². The van der Waals surface area contributed by atoms with E-state index in [1.54, 1.807) is 19.1 Å². The molecule has 6 nitrogen and oxygen atoms in total. The summed E-state index contributed by atoms with van der Waals surface area (Å²) in [6.07, 6.45) is 0.976. The number of rotatable bonds is 8. The number of aryl methyl sites for hydroxylation is 1. The van der Waals surface area contributed by atoms with Gasteiger partial charge in [0.15, 0.2) is 18.0 Å². The fourth-order valence-electron chi connectivity index (χ4n) is 3.45. The first kappa shape index (κ1) is 20.5. The van der Waals surface area contributed by atoms with Crippen molar-refractivity contribution in [1.82, 2.24) is 5.32 Å². The molecule has 146 valence electrons. The number of carbonyl (C=O) groups excluding carboxylic acids is 1. The molecule has 6 heteroatoms. The van der Waals surface area contributed by atoms with E-state index in [9.17, 15) is 4.79 Å². The fraction of sp³-hybridized carbons (Fsp3) is 0.650. The Bertz CT molecular complexity index is 598. The third-order valence-electron chi connectivity index (χ3n) is 5.38. The van der Waals surface area contributed by atoms with Gasteiger partial charge in [0.1, 0.15) is 32.7 Å². The Morgan fingerprint density at radius 1 is 1.12 bits per heavy atom. The SMILES string of the molecule is CC[C@H](C)NC(=O)C[NH+]1CC[NH+](Cc2cc(OC)c(OC)cc2C)CC1. The van der Waals surface area contributed by atoms with Crippen LogP contribution in [0.4, 0.5) is 0 Å². The molecule has 1 amide bonds. The van der Waals surface area contributed by atoms with E-state index in [1.165, 1.54) is 16.0 Å². The Kier molecular flexibility index (Phi) is 7.72. The molecule has 2 rings (SSSR count). The molecule has 0 unspecified atom stereocenters. The van der Waals surface area contributed by atoms with Crippen LogP contribution < -0.4 is 24.6 Å². The first-order chi connectivity index (χ1) is 12.5. The van der Waals surface area contributed by atoms with E-state index in [1.807, 2.05) is 6.07 Å². The van der Waals surface area contributed by atoms with Crippen LogP contribution in [-0.2, 0) is 11.3 Å². The Balaban J connectivity index is 1.86. The van der Waals surface area contributed by atoms with Crippen LogP contribution in [0.25, 0.3) is 0 Å². The molecule has 0 aromatic heterocycles. The normalized spacial score (nSPS) is 21.1. The highest BCUT2D eigenvalue weighted by Crippen LogP contribution is 2.29. The number of carbonyl (C=O) groups is 1. The van der Waals surface area contributed by atoms with E-state index in [2.05, 4.69) is 32.2 Å². The maximum absolute atomic E-state index is 12.1. The number of methoxy groups -OCH3 is 2. The lowest BCUT2D eigenvalue weighted by atomic mass is 10.1. The van der Waals surface area contributed by atoms with Crippen LogP contribution >= 0.6 is 0 Å². The lowest BCUT2D eigenvalue weighted by molar-refractivity contribution is -1.02. The summed E-state index contributed by atoms with van der Waals surface area (Å²) >= 11 is 0. The number of ether oxygens (including phenoxy) is 2. The maximum Gasteiger partial charge on any atom is 0.275 e. The number of quaternary nitrogens is 2. The largest absolute Gasteiger partial charge is 0.493 e. The third kappa shape index (κ3) is 5.61. The molecule has 1 atom stereocenters. The zero-order chi connectivity index (χ0) is 19.1. The summed E-state index contributed by atoms with van der Waals surface area (Å²) in [6.45, 7) is 12.1. The topological polar surface area (TPSA) is 56.4 Å². The van der Waals surface area contributed by atoms with Crippen molar-refractivity contribution in [2.24, 2.45) is 0 Å². The number of hydrogen-bond acceptors (Lipinski definition) is 3. The van der Waals surface area contributed by atoms with Gasteiger partial charge in [-0.25, -0.2) is 0 Å². The van der Waals surface area contributed by atoms with E-state index in [-0.39, 0.29) is 11.9 Å². The Hall–Kier alpha value is -1.79. The summed E-state index contributed by atoms with van der Waals surface area (Å²) < 4.78 is 10.8. The van der Waals surface area contributed by atoms with Crippen LogP contribution in [0.15, 0.2) is 12.1 Å². The molecular formula is C20H35N3O3+2. The van der Waals surface area contributed by atoms with Crippen molar-refractivity contribution in [2.45, 2.75) is 39.8 Å². The molecule has 1 heterocycles. The summed E-state index contributed by atoms with van der Waals surface area (Å²) in [7, 11) is 3.35. The van der Waals surface area contributed by atoms with Gasteiger partial charge < -0.3 is 24.6 Å². The average Bonchev–Trinajstić information content (AvgIpc) is 2.64. The summed E-state index contributed by atoms with van der Waals surface area (Å²) in [4.78, 5) is 15.0. The second kappa shape index (κ2) is 9.78. The zero-order valence-electron chi connectivity index (χ0n) is 16.9. The highest BCUT2D eigenvalue weighted by atomic mass is 16.5. The Morgan fingerprint density at radius 2 is 1.69 bits per heavy atom. The van der Waals surface area contributed by atoms with Gasteiger partial charge in [-0.3, -0.25) is 4.79 Å². The van der Waals surface area contributed by atoms with Gasteiger partial charge in [0.25, 0.3) is 5.91 Å². The summed E-state index contributed by atoms with van der Waals surface area (Å²) in [6, 6.07) is 4.41. The molecule has 1 aromatic rings. The van der Waals surface area contributed by atoms with Crippen molar-refractivity contribution in [3.8, 4) is 11.5 Å². The van der Waals surface area contributed by atoms with Crippen molar-refractivity contribution in [3.05, 3.63) is 23.3 Å². The van der Waals surface area contributed by atoms with Gasteiger partial charge in [0.2, 0.25) is 0 Å². The first-order valence-corrected chi connectivity index (χ1v) is 9.64. The average molecular weight is 366 g/mol. The quantitative estimate of drug-likeness (QED) is 0.566. The highest BCUT2D eigenvalue weighted by molar-refractivity contribution is 5.77. The number of benzene rings is 1. The van der Waals surface area contributed by atoms with Gasteiger partial charge in [-0.1, -0.05) is 6.92 Å². The smallest absolute Gasteiger partial charge is 0.275 e. The second-order valence-electron chi connectivity index (χ2n) is 7.36. The summed E-state index contributed by atoms with van der Waals surface area (Å²) in [5, 5.41) is 3.07. The van der Waals surface area contributed by atoms with Crippen LogP contribution in [0.1, 0.15) is 31.4 Å². The van der Waals surface area contributed by atoms with E-state index < -0.39 is 0 Å². The fourth-order valence-corrected chi connectivity index (χ4v) is 3.45. The van der Waals surface area contributed by atoms with Crippen LogP contribution in [0.3, 0.4) is 0 Å². The minimum atomic E-state index is 0.175. The molecule has 1 saturated heterocycles. The van der Waals surface area contributed by atoms with Crippen molar-refractivity contribution < 1.29 is 24.1 Å². The van der Waals surface area contributed by atoms with E-state index in [0.29, 0.717) is 6.54 Å². The molecule has 0 radical (unpaired) electrons. The third-order valence-corrected chi connectivity index (χ3v) is 5.38. The lowest BCUT2D eigenvalue weighted by Gasteiger charge is -2.30. The molecule has 1 fully saturated rings. The summed E-state index contributed by atoms with van der Waals surface area (Å²) in [5.74, 6) is 1.75. The predicted octanol–water partition coefficient (Wildman–Crippen LogP) is -0.790. The van der Waals surface area contributed by atoms with Gasteiger partial charge in [0.05, 0.1) is 14.2 Å². The van der Waals surface area contributed by atoms with E-state index >= 15 is 0 Å². The Labute approximate surface area is 157 Å². The standard InChI is InChI=1S/C20H33N3O3/c1-6-16(3)21-20(24)14-23-9-7-22(8-10-23)13-17-12-19(26-5)18(25-4)11-15(17)2/h11-12,16H,6-10,13-14H2,1-5H3,(H,21,24)/p+2/t16-/m0/s1. The minimum Gasteiger partial charge on any atom is -0.493 e. The predicted molar refractivity (Wildman–Crippen MR) is 102 cm³/mol. The Morgan fingerprint density at radius 3 is 2.27 bits per heavy atom. The van der Waals surface area contributed by atoms with Gasteiger partial charge >= 0.3 is 0 Å². The lowest BCUT2D eigenvalue weighted by Crippen LogP contribution is -3.28. The molecule has 0 bridgehead atoms. The van der Waals surface area contributed by atoms with E-state index in [0.717, 1.165) is 50.6 Å². The maximum atomic E-state index is 12.1. The van der Waals surface area contributed by atoms with Crippen molar-refractivity contribution >= 4 is 5.91 Å². The minimum absolute atomic E-state index is 0.175. The van der Waals surface area contributed by atoms with Crippen LogP contribution in [0.2, 0.25) is 0 Å². The number of amides is 1. The van der Waals surface area contributed by atoms with Crippen molar-refractivity contribution in [3.63, 3.8) is 0 Å². The molecule has 0 aliphatic carbocycles. The number of hydrogen-bond donors (Lipinski definition) is 3.